The largest absolute Gasteiger partial charge is 0.356 e. The SMILES string of the molecule is C#CCNC(=O)NCc1cccnc1N1CCCCC1. The molecule has 0 atom stereocenters. The molecule has 0 spiro atoms. The zero-order valence-electron chi connectivity index (χ0n) is 11.6. The third-order valence-electron chi connectivity index (χ3n) is 3.31. The number of nitrogens with one attached hydrogen (secondary N) is 2. The summed E-state index contributed by atoms with van der Waals surface area (Å²) in [6.45, 7) is 2.76. The molecule has 1 aromatic rings. The van der Waals surface area contributed by atoms with Crippen molar-refractivity contribution in [1.29, 1.82) is 0 Å². The summed E-state index contributed by atoms with van der Waals surface area (Å²) >= 11 is 0. The average molecular weight is 272 g/mol. The first-order valence-corrected chi connectivity index (χ1v) is 6.95. The Hall–Kier alpha value is -2.22. The molecule has 20 heavy (non-hydrogen) atoms. The van der Waals surface area contributed by atoms with E-state index in [0.717, 1.165) is 24.5 Å². The molecule has 0 saturated carbocycles. The normalized spacial score (nSPS) is 14.4. The van der Waals surface area contributed by atoms with Gasteiger partial charge in [0, 0.05) is 31.4 Å². The van der Waals surface area contributed by atoms with E-state index in [1.165, 1.54) is 19.3 Å². The molecule has 1 saturated heterocycles. The van der Waals surface area contributed by atoms with Crippen LogP contribution < -0.4 is 15.5 Å². The molecule has 2 N–H and O–H groups in total. The van der Waals surface area contributed by atoms with Crippen LogP contribution in [0.3, 0.4) is 0 Å². The number of amides is 2. The fraction of sp³-hybridized carbons (Fsp3) is 0.467. The minimum Gasteiger partial charge on any atom is -0.356 e. The lowest BCUT2D eigenvalue weighted by atomic mass is 10.1. The molecule has 1 fully saturated rings. The van der Waals surface area contributed by atoms with Crippen LogP contribution in [0.5, 0.6) is 0 Å². The van der Waals surface area contributed by atoms with Gasteiger partial charge in [-0.25, -0.2) is 9.78 Å². The molecule has 0 bridgehead atoms. The second kappa shape index (κ2) is 7.39. The van der Waals surface area contributed by atoms with Crippen LogP contribution in [0.25, 0.3) is 0 Å². The van der Waals surface area contributed by atoms with Crippen molar-refractivity contribution in [3.8, 4) is 12.3 Å². The Labute approximate surface area is 119 Å². The Morgan fingerprint density at radius 2 is 2.15 bits per heavy atom. The Kier molecular flexibility index (Phi) is 5.24. The first-order valence-electron chi connectivity index (χ1n) is 6.95. The third kappa shape index (κ3) is 3.89. The highest BCUT2D eigenvalue weighted by atomic mass is 16.2. The highest BCUT2D eigenvalue weighted by Gasteiger charge is 2.15. The average Bonchev–Trinajstić information content (AvgIpc) is 2.52. The lowest BCUT2D eigenvalue weighted by molar-refractivity contribution is 0.241. The van der Waals surface area contributed by atoms with E-state index in [9.17, 15) is 4.79 Å². The fourth-order valence-corrected chi connectivity index (χ4v) is 2.33. The molecule has 2 amide bonds. The number of rotatable bonds is 4. The van der Waals surface area contributed by atoms with Crippen LogP contribution in [0.2, 0.25) is 0 Å². The Balaban J connectivity index is 1.97. The summed E-state index contributed by atoms with van der Waals surface area (Å²) in [4.78, 5) is 18.3. The third-order valence-corrected chi connectivity index (χ3v) is 3.31. The standard InChI is InChI=1S/C15H20N4O/c1-2-8-17-15(20)18-12-13-7-6-9-16-14(13)19-10-4-3-5-11-19/h1,6-7,9H,3-5,8,10-12H2,(H2,17,18,20). The van der Waals surface area contributed by atoms with Gasteiger partial charge in [-0.2, -0.15) is 0 Å². The molecule has 5 heteroatoms. The molecular weight excluding hydrogens is 252 g/mol. The van der Waals surface area contributed by atoms with Crippen molar-refractivity contribution in [1.82, 2.24) is 15.6 Å². The molecule has 1 aromatic heterocycles. The summed E-state index contributed by atoms with van der Waals surface area (Å²) in [5, 5.41) is 5.38. The van der Waals surface area contributed by atoms with E-state index in [2.05, 4.69) is 26.4 Å². The maximum Gasteiger partial charge on any atom is 0.315 e. The van der Waals surface area contributed by atoms with Crippen molar-refractivity contribution in [3.63, 3.8) is 0 Å². The summed E-state index contributed by atoms with van der Waals surface area (Å²) in [5.74, 6) is 3.34. The van der Waals surface area contributed by atoms with Gasteiger partial charge in [-0.3, -0.25) is 0 Å². The van der Waals surface area contributed by atoms with E-state index in [0.29, 0.717) is 6.54 Å². The molecule has 1 aliphatic rings. The van der Waals surface area contributed by atoms with Crippen LogP contribution >= 0.6 is 0 Å². The van der Waals surface area contributed by atoms with Gasteiger partial charge < -0.3 is 15.5 Å². The van der Waals surface area contributed by atoms with Gasteiger partial charge in [0.2, 0.25) is 0 Å². The monoisotopic (exact) mass is 272 g/mol. The van der Waals surface area contributed by atoms with Gasteiger partial charge in [-0.15, -0.1) is 6.42 Å². The van der Waals surface area contributed by atoms with Crippen molar-refractivity contribution >= 4 is 11.8 Å². The molecule has 0 aliphatic carbocycles. The van der Waals surface area contributed by atoms with Crippen molar-refractivity contribution in [3.05, 3.63) is 23.9 Å². The van der Waals surface area contributed by atoms with E-state index in [1.54, 1.807) is 6.20 Å². The zero-order chi connectivity index (χ0) is 14.2. The summed E-state index contributed by atoms with van der Waals surface area (Å²) in [6, 6.07) is 3.64. The number of anilines is 1. The number of pyridine rings is 1. The van der Waals surface area contributed by atoms with E-state index >= 15 is 0 Å². The molecule has 1 aliphatic heterocycles. The smallest absolute Gasteiger partial charge is 0.315 e. The van der Waals surface area contributed by atoms with Gasteiger partial charge >= 0.3 is 6.03 Å². The maximum absolute atomic E-state index is 11.5. The first-order chi connectivity index (χ1) is 9.81. The predicted octanol–water partition coefficient (Wildman–Crippen LogP) is 1.50. The summed E-state index contributed by atoms with van der Waals surface area (Å²) in [6.07, 6.45) is 10.6. The Bertz CT molecular complexity index is 489. The van der Waals surface area contributed by atoms with Gasteiger partial charge in [-0.05, 0) is 25.3 Å². The second-order valence-electron chi connectivity index (χ2n) is 4.77. The van der Waals surface area contributed by atoms with E-state index in [-0.39, 0.29) is 12.6 Å². The molecule has 2 heterocycles. The number of terminal acetylenes is 1. The number of urea groups is 1. The predicted molar refractivity (Wildman–Crippen MR) is 79.4 cm³/mol. The first kappa shape index (κ1) is 14.2. The summed E-state index contributed by atoms with van der Waals surface area (Å²) in [7, 11) is 0. The fourth-order valence-electron chi connectivity index (χ4n) is 2.33. The number of hydrogen-bond acceptors (Lipinski definition) is 3. The zero-order valence-corrected chi connectivity index (χ0v) is 11.6. The van der Waals surface area contributed by atoms with Crippen LogP contribution in [0, 0.1) is 12.3 Å². The topological polar surface area (TPSA) is 57.3 Å². The van der Waals surface area contributed by atoms with Crippen LogP contribution in [0.15, 0.2) is 18.3 Å². The van der Waals surface area contributed by atoms with Crippen LogP contribution in [-0.2, 0) is 6.54 Å². The number of carbonyl (C=O) groups is 1. The van der Waals surface area contributed by atoms with Crippen LogP contribution in [0.1, 0.15) is 24.8 Å². The highest BCUT2D eigenvalue weighted by molar-refractivity contribution is 5.74. The molecule has 106 valence electrons. The van der Waals surface area contributed by atoms with Gasteiger partial charge in [-0.1, -0.05) is 12.0 Å². The van der Waals surface area contributed by atoms with Gasteiger partial charge in [0.25, 0.3) is 0 Å². The van der Waals surface area contributed by atoms with Crippen molar-refractivity contribution in [2.45, 2.75) is 25.8 Å². The maximum atomic E-state index is 11.5. The number of piperidine rings is 1. The number of nitrogens with zero attached hydrogens (tertiary/aromatic N) is 2. The number of aromatic nitrogens is 1. The van der Waals surface area contributed by atoms with Crippen LogP contribution in [0.4, 0.5) is 10.6 Å². The van der Waals surface area contributed by atoms with Gasteiger partial charge in [0.15, 0.2) is 0 Å². The summed E-state index contributed by atoms with van der Waals surface area (Å²) < 4.78 is 0. The minimum absolute atomic E-state index is 0.234. The van der Waals surface area contributed by atoms with Crippen LogP contribution in [-0.4, -0.2) is 30.6 Å². The highest BCUT2D eigenvalue weighted by Crippen LogP contribution is 2.21. The number of carbonyl (C=O) groups excluding carboxylic acids is 1. The van der Waals surface area contributed by atoms with E-state index in [4.69, 9.17) is 6.42 Å². The van der Waals surface area contributed by atoms with E-state index in [1.807, 2.05) is 12.1 Å². The minimum atomic E-state index is -0.253. The molecule has 0 unspecified atom stereocenters. The molecular formula is C15H20N4O. The number of hydrogen-bond donors (Lipinski definition) is 2. The van der Waals surface area contributed by atoms with Crippen molar-refractivity contribution < 1.29 is 4.79 Å². The van der Waals surface area contributed by atoms with Gasteiger partial charge in [0.1, 0.15) is 5.82 Å². The van der Waals surface area contributed by atoms with E-state index < -0.39 is 0 Å². The van der Waals surface area contributed by atoms with Crippen molar-refractivity contribution in [2.24, 2.45) is 0 Å². The lowest BCUT2D eigenvalue weighted by Crippen LogP contribution is -2.36. The molecule has 0 aromatic carbocycles. The lowest BCUT2D eigenvalue weighted by Gasteiger charge is -2.29. The Morgan fingerprint density at radius 1 is 1.35 bits per heavy atom. The van der Waals surface area contributed by atoms with Crippen molar-refractivity contribution in [2.75, 3.05) is 24.5 Å². The Morgan fingerprint density at radius 3 is 2.90 bits per heavy atom. The quantitative estimate of drug-likeness (QED) is 0.817. The van der Waals surface area contributed by atoms with Gasteiger partial charge in [0.05, 0.1) is 6.54 Å². The molecule has 5 nitrogen and oxygen atoms in total. The molecule has 2 rings (SSSR count). The second-order valence-corrected chi connectivity index (χ2v) is 4.77. The molecule has 0 radical (unpaired) electrons. The summed E-state index contributed by atoms with van der Waals surface area (Å²) in [5.41, 5.74) is 1.03.